The number of phenols is 1. The molecule has 0 amide bonds. The molecule has 1 aromatic heterocycles. The van der Waals surface area contributed by atoms with Gasteiger partial charge in [-0.25, -0.2) is 9.97 Å². The first kappa shape index (κ1) is 10.2. The van der Waals surface area contributed by atoms with Gasteiger partial charge in [-0.05, 0) is 24.1 Å². The minimum absolute atomic E-state index is 0.147. The number of phenolic OH excluding ortho intramolecular Hbond substituents is 1. The zero-order valence-electron chi connectivity index (χ0n) is 8.37. The Labute approximate surface area is 92.7 Å². The molecular weight excluding hydrogens is 212 g/mol. The van der Waals surface area contributed by atoms with E-state index in [9.17, 15) is 5.11 Å². The molecule has 0 fully saturated rings. The van der Waals surface area contributed by atoms with Crippen molar-refractivity contribution >= 4 is 22.5 Å². The summed E-state index contributed by atoms with van der Waals surface area (Å²) in [5, 5.41) is 10.7. The largest absolute Gasteiger partial charge is 0.506 e. The fourth-order valence-electron chi connectivity index (χ4n) is 1.60. The van der Waals surface area contributed by atoms with Gasteiger partial charge in [0.25, 0.3) is 0 Å². The Morgan fingerprint density at radius 1 is 1.33 bits per heavy atom. The molecule has 0 aliphatic rings. The summed E-state index contributed by atoms with van der Waals surface area (Å²) in [6.45, 7) is 2.07. The van der Waals surface area contributed by atoms with E-state index in [-0.39, 0.29) is 11.0 Å². The molecule has 0 unspecified atom stereocenters. The summed E-state index contributed by atoms with van der Waals surface area (Å²) in [6, 6.07) is 5.28. The van der Waals surface area contributed by atoms with Gasteiger partial charge in [0.1, 0.15) is 11.3 Å². The number of rotatable bonds is 2. The number of aryl methyl sites for hydroxylation is 1. The van der Waals surface area contributed by atoms with E-state index in [0.29, 0.717) is 5.52 Å². The van der Waals surface area contributed by atoms with Crippen LogP contribution in [0.2, 0.25) is 5.28 Å². The first-order chi connectivity index (χ1) is 7.22. The topological polar surface area (TPSA) is 46.0 Å². The van der Waals surface area contributed by atoms with Crippen LogP contribution in [0.4, 0.5) is 0 Å². The molecular formula is C11H11ClN2O. The van der Waals surface area contributed by atoms with Crippen LogP contribution in [-0.4, -0.2) is 15.1 Å². The fraction of sp³-hybridized carbons (Fsp3) is 0.273. The minimum Gasteiger partial charge on any atom is -0.506 e. The predicted molar refractivity (Wildman–Crippen MR) is 60.2 cm³/mol. The quantitative estimate of drug-likeness (QED) is 0.795. The lowest BCUT2D eigenvalue weighted by molar-refractivity contribution is 0.480. The first-order valence-corrected chi connectivity index (χ1v) is 5.24. The number of para-hydroxylation sites is 1. The summed E-state index contributed by atoms with van der Waals surface area (Å²) in [5.41, 5.74) is 1.42. The average Bonchev–Trinajstić information content (AvgIpc) is 2.20. The standard InChI is InChI=1S/C11H11ClN2O/c1-2-4-8-7-5-3-6-9(15)10(7)14-11(12)13-8/h3,5-6,15H,2,4H2,1H3. The van der Waals surface area contributed by atoms with Crippen molar-refractivity contribution in [1.29, 1.82) is 0 Å². The molecule has 3 nitrogen and oxygen atoms in total. The van der Waals surface area contributed by atoms with Gasteiger partial charge < -0.3 is 5.11 Å². The number of hydrogen-bond donors (Lipinski definition) is 1. The molecule has 0 radical (unpaired) electrons. The Morgan fingerprint density at radius 3 is 2.87 bits per heavy atom. The Kier molecular flexibility index (Phi) is 2.73. The number of halogens is 1. The van der Waals surface area contributed by atoms with Crippen LogP contribution in [0.25, 0.3) is 10.9 Å². The Bertz CT molecular complexity index is 499. The van der Waals surface area contributed by atoms with Crippen molar-refractivity contribution in [2.75, 3.05) is 0 Å². The second kappa shape index (κ2) is 4.03. The van der Waals surface area contributed by atoms with Crippen LogP contribution in [0.15, 0.2) is 18.2 Å². The van der Waals surface area contributed by atoms with Gasteiger partial charge >= 0.3 is 0 Å². The minimum atomic E-state index is 0.147. The molecule has 0 spiro atoms. The molecule has 1 N–H and O–H groups in total. The molecule has 0 atom stereocenters. The van der Waals surface area contributed by atoms with Crippen molar-refractivity contribution in [3.63, 3.8) is 0 Å². The number of hydrogen-bond acceptors (Lipinski definition) is 3. The van der Waals surface area contributed by atoms with Gasteiger partial charge in [0.15, 0.2) is 0 Å². The maximum atomic E-state index is 9.64. The third-order valence-corrected chi connectivity index (χ3v) is 2.41. The van der Waals surface area contributed by atoms with Crippen LogP contribution < -0.4 is 0 Å². The van der Waals surface area contributed by atoms with Gasteiger partial charge in [-0.1, -0.05) is 25.5 Å². The van der Waals surface area contributed by atoms with E-state index in [0.717, 1.165) is 23.9 Å². The summed E-state index contributed by atoms with van der Waals surface area (Å²) in [4.78, 5) is 8.20. The van der Waals surface area contributed by atoms with E-state index in [4.69, 9.17) is 11.6 Å². The number of nitrogens with zero attached hydrogens (tertiary/aromatic N) is 2. The van der Waals surface area contributed by atoms with E-state index in [1.165, 1.54) is 0 Å². The van der Waals surface area contributed by atoms with E-state index in [1.54, 1.807) is 12.1 Å². The van der Waals surface area contributed by atoms with Crippen LogP contribution in [0, 0.1) is 0 Å². The maximum absolute atomic E-state index is 9.64. The van der Waals surface area contributed by atoms with Crippen molar-refractivity contribution in [3.8, 4) is 5.75 Å². The van der Waals surface area contributed by atoms with Crippen molar-refractivity contribution < 1.29 is 5.11 Å². The summed E-state index contributed by atoms with van der Waals surface area (Å²) in [7, 11) is 0. The highest BCUT2D eigenvalue weighted by Crippen LogP contribution is 2.26. The van der Waals surface area contributed by atoms with Crippen LogP contribution in [-0.2, 0) is 6.42 Å². The summed E-state index contributed by atoms with van der Waals surface area (Å²) >= 11 is 5.80. The van der Waals surface area contributed by atoms with Crippen LogP contribution in [0.1, 0.15) is 19.0 Å². The monoisotopic (exact) mass is 222 g/mol. The first-order valence-electron chi connectivity index (χ1n) is 4.86. The number of benzene rings is 1. The number of aromatic nitrogens is 2. The van der Waals surface area contributed by atoms with Gasteiger partial charge in [-0.2, -0.15) is 0 Å². The van der Waals surface area contributed by atoms with Gasteiger partial charge in [0.05, 0.1) is 5.69 Å². The van der Waals surface area contributed by atoms with Gasteiger partial charge in [0.2, 0.25) is 5.28 Å². The molecule has 0 aliphatic heterocycles. The molecule has 0 saturated heterocycles. The van der Waals surface area contributed by atoms with E-state index in [1.807, 2.05) is 6.07 Å². The third-order valence-electron chi connectivity index (χ3n) is 2.24. The van der Waals surface area contributed by atoms with E-state index < -0.39 is 0 Å². The van der Waals surface area contributed by atoms with Crippen molar-refractivity contribution in [1.82, 2.24) is 9.97 Å². The third kappa shape index (κ3) is 1.88. The zero-order valence-corrected chi connectivity index (χ0v) is 9.12. The Morgan fingerprint density at radius 2 is 2.13 bits per heavy atom. The fourth-order valence-corrected chi connectivity index (χ4v) is 1.78. The highest BCUT2D eigenvalue weighted by atomic mass is 35.5. The van der Waals surface area contributed by atoms with Crippen LogP contribution in [0.3, 0.4) is 0 Å². The molecule has 78 valence electrons. The summed E-state index contributed by atoms with van der Waals surface area (Å²) in [5.74, 6) is 0.147. The normalized spacial score (nSPS) is 10.8. The molecule has 1 heterocycles. The molecule has 15 heavy (non-hydrogen) atoms. The highest BCUT2D eigenvalue weighted by molar-refractivity contribution is 6.28. The molecule has 0 bridgehead atoms. The molecule has 2 aromatic rings. The predicted octanol–water partition coefficient (Wildman–Crippen LogP) is 2.94. The number of aromatic hydroxyl groups is 1. The van der Waals surface area contributed by atoms with Crippen molar-refractivity contribution in [2.24, 2.45) is 0 Å². The molecule has 2 rings (SSSR count). The lowest BCUT2D eigenvalue weighted by atomic mass is 10.1. The Hall–Kier alpha value is -1.35. The van der Waals surface area contributed by atoms with Crippen LogP contribution >= 0.6 is 11.6 Å². The lowest BCUT2D eigenvalue weighted by Gasteiger charge is -2.05. The highest BCUT2D eigenvalue weighted by Gasteiger charge is 2.08. The van der Waals surface area contributed by atoms with Crippen molar-refractivity contribution in [2.45, 2.75) is 19.8 Å². The summed E-state index contributed by atoms with van der Waals surface area (Å²) in [6.07, 6.45) is 1.82. The average molecular weight is 223 g/mol. The zero-order chi connectivity index (χ0) is 10.8. The Balaban J connectivity index is 2.74. The van der Waals surface area contributed by atoms with Gasteiger partial charge in [-0.3, -0.25) is 0 Å². The second-order valence-corrected chi connectivity index (χ2v) is 3.70. The maximum Gasteiger partial charge on any atom is 0.223 e. The van der Waals surface area contributed by atoms with Gasteiger partial charge in [0, 0.05) is 5.39 Å². The molecule has 4 heteroatoms. The van der Waals surface area contributed by atoms with Crippen LogP contribution in [0.5, 0.6) is 5.75 Å². The number of fused-ring (bicyclic) bond motifs is 1. The molecule has 0 saturated carbocycles. The lowest BCUT2D eigenvalue weighted by Crippen LogP contribution is -1.95. The summed E-state index contributed by atoms with van der Waals surface area (Å²) < 4.78 is 0. The molecule has 1 aromatic carbocycles. The second-order valence-electron chi connectivity index (χ2n) is 3.36. The van der Waals surface area contributed by atoms with Crippen molar-refractivity contribution in [3.05, 3.63) is 29.2 Å². The van der Waals surface area contributed by atoms with E-state index in [2.05, 4.69) is 16.9 Å². The smallest absolute Gasteiger partial charge is 0.223 e. The SMILES string of the molecule is CCCc1nc(Cl)nc2c(O)cccc12. The van der Waals surface area contributed by atoms with E-state index >= 15 is 0 Å². The van der Waals surface area contributed by atoms with Gasteiger partial charge in [-0.15, -0.1) is 0 Å². The molecule has 0 aliphatic carbocycles.